The molecule has 0 saturated heterocycles. The molecule has 23 heavy (non-hydrogen) atoms. The summed E-state index contributed by atoms with van der Waals surface area (Å²) < 4.78 is 5.46. The van der Waals surface area contributed by atoms with Gasteiger partial charge < -0.3 is 4.74 Å². The number of hydrogen-bond acceptors (Lipinski definition) is 1. The van der Waals surface area contributed by atoms with Crippen molar-refractivity contribution in [2.45, 2.75) is 58.8 Å². The van der Waals surface area contributed by atoms with Gasteiger partial charge in [-0.2, -0.15) is 0 Å². The van der Waals surface area contributed by atoms with E-state index in [0.29, 0.717) is 10.8 Å². The van der Waals surface area contributed by atoms with Crippen LogP contribution in [0, 0.1) is 22.7 Å². The molecule has 0 N–H and O–H groups in total. The van der Waals surface area contributed by atoms with Crippen LogP contribution in [0.25, 0.3) is 0 Å². The van der Waals surface area contributed by atoms with E-state index in [1.165, 1.54) is 43.2 Å². The summed E-state index contributed by atoms with van der Waals surface area (Å²) in [6.07, 6.45) is 6.39. The largest absolute Gasteiger partial charge is 0.497 e. The van der Waals surface area contributed by atoms with Crippen LogP contribution in [-0.2, 0) is 6.42 Å². The Morgan fingerprint density at radius 1 is 1.22 bits per heavy atom. The van der Waals surface area contributed by atoms with E-state index < -0.39 is 0 Å². The van der Waals surface area contributed by atoms with Gasteiger partial charge in [0, 0.05) is 0 Å². The third kappa shape index (κ3) is 1.85. The molecular formula is C22H30O. The summed E-state index contributed by atoms with van der Waals surface area (Å²) in [6.45, 7) is 12.0. The Labute approximate surface area is 141 Å². The molecular weight excluding hydrogens is 280 g/mol. The molecule has 0 radical (unpaired) electrons. The Balaban J connectivity index is 1.80. The van der Waals surface area contributed by atoms with Crippen LogP contribution in [0.2, 0.25) is 0 Å². The molecule has 0 heterocycles. The molecule has 0 bridgehead atoms. The molecule has 0 aromatic heterocycles. The molecule has 0 amide bonds. The lowest BCUT2D eigenvalue weighted by atomic mass is 9.46. The molecule has 5 atom stereocenters. The van der Waals surface area contributed by atoms with E-state index in [4.69, 9.17) is 4.74 Å². The number of fused-ring (bicyclic) bond motifs is 5. The van der Waals surface area contributed by atoms with Gasteiger partial charge in [0.25, 0.3) is 0 Å². The molecule has 3 aliphatic carbocycles. The summed E-state index contributed by atoms with van der Waals surface area (Å²) in [5.41, 5.74) is 5.43. The van der Waals surface area contributed by atoms with Gasteiger partial charge in [0.05, 0.1) is 7.11 Å². The summed E-state index contributed by atoms with van der Waals surface area (Å²) in [4.78, 5) is 0. The van der Waals surface area contributed by atoms with Crippen LogP contribution in [0.1, 0.15) is 63.5 Å². The van der Waals surface area contributed by atoms with Crippen molar-refractivity contribution in [1.82, 2.24) is 0 Å². The van der Waals surface area contributed by atoms with Gasteiger partial charge in [-0.05, 0) is 83.9 Å². The second kappa shape index (κ2) is 4.88. The van der Waals surface area contributed by atoms with Gasteiger partial charge in [0.15, 0.2) is 0 Å². The minimum atomic E-state index is 0.354. The van der Waals surface area contributed by atoms with E-state index in [-0.39, 0.29) is 0 Å². The highest BCUT2D eigenvalue weighted by Gasteiger charge is 2.60. The Bertz CT molecular complexity index is 660. The van der Waals surface area contributed by atoms with Crippen molar-refractivity contribution >= 4 is 0 Å². The second-order valence-corrected chi connectivity index (χ2v) is 8.77. The van der Waals surface area contributed by atoms with E-state index in [2.05, 4.69) is 45.5 Å². The number of hydrogen-bond donors (Lipinski definition) is 0. The minimum absolute atomic E-state index is 0.354. The topological polar surface area (TPSA) is 9.23 Å². The number of allylic oxidation sites excluding steroid dienone is 1. The van der Waals surface area contributed by atoms with Gasteiger partial charge in [0.1, 0.15) is 5.75 Å². The fraction of sp³-hybridized carbons (Fsp3) is 0.636. The van der Waals surface area contributed by atoms with Gasteiger partial charge in [-0.15, -0.1) is 0 Å². The van der Waals surface area contributed by atoms with Gasteiger partial charge in [0.2, 0.25) is 0 Å². The minimum Gasteiger partial charge on any atom is -0.497 e. The monoisotopic (exact) mass is 310 g/mol. The first-order valence-electron chi connectivity index (χ1n) is 9.26. The first-order chi connectivity index (χ1) is 10.9. The maximum absolute atomic E-state index is 5.46. The normalized spacial score (nSPS) is 41.9. The number of rotatable bonds is 1. The number of benzene rings is 1. The van der Waals surface area contributed by atoms with Crippen molar-refractivity contribution in [1.29, 1.82) is 0 Å². The lowest BCUT2D eigenvalue weighted by molar-refractivity contribution is -0.0386. The molecule has 0 spiro atoms. The summed E-state index contributed by atoms with van der Waals surface area (Å²) in [5.74, 6) is 3.27. The molecule has 2 fully saturated rings. The van der Waals surface area contributed by atoms with Crippen molar-refractivity contribution < 1.29 is 4.74 Å². The summed E-state index contributed by atoms with van der Waals surface area (Å²) in [7, 11) is 1.77. The van der Waals surface area contributed by atoms with Crippen molar-refractivity contribution in [3.05, 3.63) is 41.5 Å². The van der Waals surface area contributed by atoms with Gasteiger partial charge in [-0.3, -0.25) is 0 Å². The third-order valence-electron chi connectivity index (χ3n) is 8.02. The van der Waals surface area contributed by atoms with Gasteiger partial charge >= 0.3 is 0 Å². The molecule has 1 nitrogen and oxygen atoms in total. The van der Waals surface area contributed by atoms with E-state index in [1.807, 2.05) is 0 Å². The highest BCUT2D eigenvalue weighted by Crippen LogP contribution is 2.70. The van der Waals surface area contributed by atoms with Crippen molar-refractivity contribution in [2.24, 2.45) is 22.7 Å². The Morgan fingerprint density at radius 3 is 2.74 bits per heavy atom. The SMILES string of the molecule is C=C1CC[C@]2(C)[C@@H]3[C@H](C)Cc4cc(OC)ccc4[C@H]3CC[C@]12C. The maximum Gasteiger partial charge on any atom is 0.119 e. The fourth-order valence-electron chi connectivity index (χ4n) is 6.53. The van der Waals surface area contributed by atoms with Crippen LogP contribution in [0.5, 0.6) is 5.75 Å². The molecule has 124 valence electrons. The van der Waals surface area contributed by atoms with E-state index >= 15 is 0 Å². The van der Waals surface area contributed by atoms with Gasteiger partial charge in [-0.25, -0.2) is 0 Å². The van der Waals surface area contributed by atoms with Crippen molar-refractivity contribution in [2.75, 3.05) is 7.11 Å². The first kappa shape index (κ1) is 15.3. The predicted molar refractivity (Wildman–Crippen MR) is 95.9 cm³/mol. The lowest BCUT2D eigenvalue weighted by Gasteiger charge is -2.58. The van der Waals surface area contributed by atoms with Crippen LogP contribution in [0.4, 0.5) is 0 Å². The van der Waals surface area contributed by atoms with E-state index in [1.54, 1.807) is 12.7 Å². The average molecular weight is 310 g/mol. The zero-order valence-corrected chi connectivity index (χ0v) is 15.1. The standard InChI is InChI=1S/C22H30O/c1-14-12-16-13-17(23-5)6-7-18(16)19-9-11-21(3)15(2)8-10-22(21,4)20(14)19/h6-7,13-14,19-20H,2,8-12H2,1,3-5H3/t14-,19-,20-,21-,22-/m1/s1. The zero-order chi connectivity index (χ0) is 16.4. The lowest BCUT2D eigenvalue weighted by Crippen LogP contribution is -2.50. The number of ether oxygens (including phenoxy) is 1. The molecule has 1 aromatic rings. The van der Waals surface area contributed by atoms with Crippen LogP contribution in [-0.4, -0.2) is 7.11 Å². The molecule has 1 aromatic carbocycles. The molecule has 0 aliphatic heterocycles. The van der Waals surface area contributed by atoms with Crippen LogP contribution in [0.3, 0.4) is 0 Å². The second-order valence-electron chi connectivity index (χ2n) is 8.77. The third-order valence-corrected chi connectivity index (χ3v) is 8.02. The van der Waals surface area contributed by atoms with Crippen LogP contribution >= 0.6 is 0 Å². The van der Waals surface area contributed by atoms with E-state index in [0.717, 1.165) is 23.5 Å². The predicted octanol–water partition coefficient (Wildman–Crippen LogP) is 5.74. The Morgan fingerprint density at radius 2 is 2.00 bits per heavy atom. The van der Waals surface area contributed by atoms with Crippen molar-refractivity contribution in [3.8, 4) is 5.75 Å². The Kier molecular flexibility index (Phi) is 3.25. The smallest absolute Gasteiger partial charge is 0.119 e. The zero-order valence-electron chi connectivity index (χ0n) is 15.1. The summed E-state index contributed by atoms with van der Waals surface area (Å²) >= 11 is 0. The van der Waals surface area contributed by atoms with Gasteiger partial charge in [-0.1, -0.05) is 39.0 Å². The Hall–Kier alpha value is -1.24. The molecule has 3 aliphatic rings. The van der Waals surface area contributed by atoms with Crippen LogP contribution < -0.4 is 4.74 Å². The number of methoxy groups -OCH3 is 1. The fourth-order valence-corrected chi connectivity index (χ4v) is 6.53. The molecule has 2 saturated carbocycles. The first-order valence-corrected chi connectivity index (χ1v) is 9.26. The maximum atomic E-state index is 5.46. The molecule has 1 heteroatoms. The molecule has 0 unspecified atom stereocenters. The highest BCUT2D eigenvalue weighted by molar-refractivity contribution is 5.42. The van der Waals surface area contributed by atoms with Crippen molar-refractivity contribution in [3.63, 3.8) is 0 Å². The van der Waals surface area contributed by atoms with Crippen LogP contribution in [0.15, 0.2) is 30.4 Å². The highest BCUT2D eigenvalue weighted by atomic mass is 16.5. The molecule has 4 rings (SSSR count). The summed E-state index contributed by atoms with van der Waals surface area (Å²) in [6, 6.07) is 6.80. The quantitative estimate of drug-likeness (QED) is 0.601. The van der Waals surface area contributed by atoms with E-state index in [9.17, 15) is 0 Å². The summed E-state index contributed by atoms with van der Waals surface area (Å²) in [5, 5.41) is 0. The average Bonchev–Trinajstić information content (AvgIpc) is 2.78.